The van der Waals surface area contributed by atoms with E-state index in [-0.39, 0.29) is 39.8 Å². The molecule has 2 heterocycles. The Bertz CT molecular complexity index is 1710. The second kappa shape index (κ2) is 15.8. The lowest BCUT2D eigenvalue weighted by atomic mass is 9.98. The summed E-state index contributed by atoms with van der Waals surface area (Å²) in [6.45, 7) is 12.9. The van der Waals surface area contributed by atoms with Crippen LogP contribution in [0.3, 0.4) is 0 Å². The molecule has 0 bridgehead atoms. The van der Waals surface area contributed by atoms with Gasteiger partial charge in [0.2, 0.25) is 5.95 Å². The van der Waals surface area contributed by atoms with Gasteiger partial charge in [-0.05, 0) is 81.7 Å². The molecule has 2 N–H and O–H groups in total. The zero-order valence-electron chi connectivity index (χ0n) is 27.2. The summed E-state index contributed by atoms with van der Waals surface area (Å²) in [5.41, 5.74) is -0.455. The number of amides is 1. The molecule has 1 saturated carbocycles. The molecule has 46 heavy (non-hydrogen) atoms. The van der Waals surface area contributed by atoms with Gasteiger partial charge in [-0.25, -0.2) is 18.2 Å². The van der Waals surface area contributed by atoms with E-state index in [4.69, 9.17) is 4.98 Å². The second-order valence-corrected chi connectivity index (χ2v) is 11.1. The van der Waals surface area contributed by atoms with Crippen molar-refractivity contribution < 1.29 is 18.0 Å². The predicted molar refractivity (Wildman–Crippen MR) is 177 cm³/mol. The van der Waals surface area contributed by atoms with Crippen LogP contribution in [0, 0.1) is 24.4 Å². The summed E-state index contributed by atoms with van der Waals surface area (Å²) in [6.07, 6.45) is 4.56. The molecule has 0 spiro atoms. The average Bonchev–Trinajstić information content (AvgIpc) is 3.57. The van der Waals surface area contributed by atoms with Gasteiger partial charge in [-0.3, -0.25) is 14.2 Å². The number of anilines is 1. The third-order valence-electron chi connectivity index (χ3n) is 8.29. The molecule has 1 fully saturated rings. The van der Waals surface area contributed by atoms with Gasteiger partial charge >= 0.3 is 0 Å². The molecule has 2 aromatic heterocycles. The molecule has 0 saturated heterocycles. The molecule has 0 atom stereocenters. The van der Waals surface area contributed by atoms with E-state index >= 15 is 13.2 Å². The van der Waals surface area contributed by atoms with E-state index in [9.17, 15) is 9.59 Å². The van der Waals surface area contributed by atoms with E-state index in [1.54, 1.807) is 13.0 Å². The number of carbonyl (C=O) groups excluding carboxylic acids is 1. The molecule has 2 aromatic carbocycles. The van der Waals surface area contributed by atoms with Crippen molar-refractivity contribution in [1.82, 2.24) is 24.8 Å². The first kappa shape index (κ1) is 34.6. The highest BCUT2D eigenvalue weighted by atomic mass is 19.1. The number of nitrogens with one attached hydrogen (secondary N) is 2. The Morgan fingerprint density at radius 3 is 2.30 bits per heavy atom. The minimum Gasteiger partial charge on any atom is -0.354 e. The fourth-order valence-electron chi connectivity index (χ4n) is 5.76. The number of hydrogen-bond donors (Lipinski definition) is 2. The maximum atomic E-state index is 15.4. The number of para-hydroxylation sites is 1. The molecule has 246 valence electrons. The van der Waals surface area contributed by atoms with Crippen molar-refractivity contribution >= 4 is 22.9 Å². The van der Waals surface area contributed by atoms with Gasteiger partial charge in [0.25, 0.3) is 11.5 Å². The van der Waals surface area contributed by atoms with Gasteiger partial charge in [-0.15, -0.1) is 0 Å². The first-order valence-corrected chi connectivity index (χ1v) is 16.2. The number of nitrogens with zero attached hydrogens (tertiary/aromatic N) is 4. The highest BCUT2D eigenvalue weighted by molar-refractivity contribution is 5.98. The molecule has 1 aliphatic carbocycles. The SMILES string of the molecule is CC.CCN(CC)CCCNc1nc(-c2cc(C(=O)NC3CCCC3)cc(F)c2C)c2ccc(=O)n(-c3c(F)cccc3F)c2n1. The average molecular weight is 637 g/mol. The summed E-state index contributed by atoms with van der Waals surface area (Å²) in [6, 6.07) is 8.75. The predicted octanol–water partition coefficient (Wildman–Crippen LogP) is 7.02. The van der Waals surface area contributed by atoms with Crippen LogP contribution in [0.15, 0.2) is 47.3 Å². The van der Waals surface area contributed by atoms with Crippen molar-refractivity contribution in [3.05, 3.63) is 81.4 Å². The van der Waals surface area contributed by atoms with Crippen molar-refractivity contribution in [2.75, 3.05) is 31.5 Å². The number of hydrogen-bond acceptors (Lipinski definition) is 6. The van der Waals surface area contributed by atoms with Crippen LogP contribution in [0.25, 0.3) is 28.0 Å². The number of fused-ring (bicyclic) bond motifs is 1. The van der Waals surface area contributed by atoms with Crippen LogP contribution < -0.4 is 16.2 Å². The van der Waals surface area contributed by atoms with E-state index in [0.717, 1.165) is 68.4 Å². The zero-order chi connectivity index (χ0) is 33.4. The number of rotatable bonds is 11. The first-order chi connectivity index (χ1) is 22.2. The standard InChI is InChI=1S/C33H37F3N6O2.C2H6/c1-4-41(5-2)17-9-16-37-33-39-29(24-18-21(19-27(36)20(24)3)32(44)38-22-10-6-7-11-22)23-14-15-28(43)42(31(23)40-33)30-25(34)12-8-13-26(30)35;1-2/h8,12-15,18-19,22H,4-7,9-11,16-17H2,1-3H3,(H,38,44)(H,37,39,40);1-2H3. The third-order valence-corrected chi connectivity index (χ3v) is 8.29. The number of benzene rings is 2. The lowest BCUT2D eigenvalue weighted by molar-refractivity contribution is 0.0937. The fourth-order valence-corrected chi connectivity index (χ4v) is 5.76. The Hall–Kier alpha value is -4.25. The Balaban J connectivity index is 0.00000235. The molecule has 0 aliphatic heterocycles. The van der Waals surface area contributed by atoms with Crippen molar-refractivity contribution in [1.29, 1.82) is 0 Å². The lowest BCUT2D eigenvalue weighted by Crippen LogP contribution is -2.32. The molecular formula is C35H43F3N6O2. The van der Waals surface area contributed by atoms with Gasteiger partial charge in [0.05, 0.1) is 5.69 Å². The Kier molecular flexibility index (Phi) is 11.9. The topological polar surface area (TPSA) is 92.2 Å². The van der Waals surface area contributed by atoms with E-state index < -0.39 is 34.6 Å². The molecule has 1 amide bonds. The van der Waals surface area contributed by atoms with Gasteiger partial charge in [-0.1, -0.05) is 46.6 Å². The van der Waals surface area contributed by atoms with Crippen molar-refractivity contribution in [2.24, 2.45) is 0 Å². The monoisotopic (exact) mass is 636 g/mol. The molecule has 1 aliphatic rings. The molecule has 0 radical (unpaired) electrons. The van der Waals surface area contributed by atoms with Crippen LogP contribution in [0.4, 0.5) is 19.1 Å². The first-order valence-electron chi connectivity index (χ1n) is 16.2. The third kappa shape index (κ3) is 7.58. The van der Waals surface area contributed by atoms with Crippen LogP contribution in [0.1, 0.15) is 75.7 Å². The van der Waals surface area contributed by atoms with Crippen LogP contribution >= 0.6 is 0 Å². The van der Waals surface area contributed by atoms with Crippen LogP contribution in [0.5, 0.6) is 0 Å². The summed E-state index contributed by atoms with van der Waals surface area (Å²) in [5.74, 6) is -2.78. The van der Waals surface area contributed by atoms with Crippen molar-refractivity contribution in [3.63, 3.8) is 0 Å². The Morgan fingerprint density at radius 1 is 0.978 bits per heavy atom. The minimum atomic E-state index is -0.943. The minimum absolute atomic E-state index is 0.0347. The lowest BCUT2D eigenvalue weighted by Gasteiger charge is -2.19. The number of carbonyl (C=O) groups is 1. The number of aromatic nitrogens is 3. The highest BCUT2D eigenvalue weighted by Gasteiger charge is 2.24. The van der Waals surface area contributed by atoms with Crippen LogP contribution in [-0.4, -0.2) is 57.6 Å². The normalized spacial score (nSPS) is 13.2. The van der Waals surface area contributed by atoms with E-state index in [1.807, 2.05) is 13.8 Å². The Labute approximate surface area is 268 Å². The molecule has 4 aromatic rings. The molecular weight excluding hydrogens is 593 g/mol. The summed E-state index contributed by atoms with van der Waals surface area (Å²) >= 11 is 0. The second-order valence-electron chi connectivity index (χ2n) is 11.1. The smallest absolute Gasteiger partial charge is 0.256 e. The largest absolute Gasteiger partial charge is 0.354 e. The zero-order valence-corrected chi connectivity index (χ0v) is 27.2. The summed E-state index contributed by atoms with van der Waals surface area (Å²) in [5, 5.41) is 6.42. The maximum Gasteiger partial charge on any atom is 0.256 e. The fraction of sp³-hybridized carbons (Fsp3) is 0.429. The maximum absolute atomic E-state index is 15.4. The molecule has 0 unspecified atom stereocenters. The van der Waals surface area contributed by atoms with Gasteiger partial charge in [0.15, 0.2) is 5.65 Å². The summed E-state index contributed by atoms with van der Waals surface area (Å²) in [4.78, 5) is 37.8. The van der Waals surface area contributed by atoms with E-state index in [0.29, 0.717) is 12.1 Å². The highest BCUT2D eigenvalue weighted by Crippen LogP contribution is 2.33. The summed E-state index contributed by atoms with van der Waals surface area (Å²) < 4.78 is 46.3. The molecule has 11 heteroatoms. The van der Waals surface area contributed by atoms with E-state index in [1.165, 1.54) is 24.3 Å². The van der Waals surface area contributed by atoms with Gasteiger partial charge in [-0.2, -0.15) is 4.98 Å². The number of pyridine rings is 1. The Morgan fingerprint density at radius 2 is 1.65 bits per heavy atom. The molecule has 8 nitrogen and oxygen atoms in total. The summed E-state index contributed by atoms with van der Waals surface area (Å²) in [7, 11) is 0. The van der Waals surface area contributed by atoms with Crippen LogP contribution in [-0.2, 0) is 0 Å². The van der Waals surface area contributed by atoms with Crippen molar-refractivity contribution in [2.45, 2.75) is 72.8 Å². The van der Waals surface area contributed by atoms with E-state index in [2.05, 4.69) is 34.4 Å². The molecule has 5 rings (SSSR count). The van der Waals surface area contributed by atoms with Gasteiger partial charge in [0.1, 0.15) is 23.1 Å². The van der Waals surface area contributed by atoms with Crippen molar-refractivity contribution in [3.8, 4) is 16.9 Å². The number of halogens is 3. The quantitative estimate of drug-likeness (QED) is 0.172. The van der Waals surface area contributed by atoms with Gasteiger partial charge < -0.3 is 15.5 Å². The van der Waals surface area contributed by atoms with Crippen LogP contribution in [0.2, 0.25) is 0 Å². The van der Waals surface area contributed by atoms with Gasteiger partial charge in [0, 0.05) is 35.2 Å².